The average molecular weight is 573 g/mol. The minimum absolute atomic E-state index is 0.0567. The summed E-state index contributed by atoms with van der Waals surface area (Å²) in [4.78, 5) is 27.4. The third kappa shape index (κ3) is 8.60. The Morgan fingerprint density at radius 1 is 1.09 bits per heavy atom. The minimum Gasteiger partial charge on any atom is -0.352 e. The molecule has 2 amide bonds. The molecule has 0 heterocycles. The molecule has 0 aliphatic rings. The van der Waals surface area contributed by atoms with Gasteiger partial charge in [-0.2, -0.15) is 0 Å². The van der Waals surface area contributed by atoms with Crippen LogP contribution in [0.2, 0.25) is 5.02 Å². The number of hydrogen-bond donors (Lipinski definition) is 1. The summed E-state index contributed by atoms with van der Waals surface area (Å²) in [6, 6.07) is 13.4. The van der Waals surface area contributed by atoms with Crippen molar-refractivity contribution >= 4 is 55.1 Å². The molecule has 7 nitrogen and oxygen atoms in total. The van der Waals surface area contributed by atoms with Crippen molar-refractivity contribution in [3.8, 4) is 0 Å². The predicted molar refractivity (Wildman–Crippen MR) is 140 cm³/mol. The highest BCUT2D eigenvalue weighted by atomic mass is 79.9. The molecule has 0 aromatic heterocycles. The van der Waals surface area contributed by atoms with E-state index in [9.17, 15) is 18.0 Å². The van der Waals surface area contributed by atoms with E-state index in [1.165, 1.54) is 9.21 Å². The van der Waals surface area contributed by atoms with E-state index in [0.717, 1.165) is 16.3 Å². The Morgan fingerprint density at radius 3 is 2.35 bits per heavy atom. The van der Waals surface area contributed by atoms with Crippen molar-refractivity contribution < 1.29 is 18.0 Å². The molecule has 2 rings (SSSR count). The Bertz CT molecular complexity index is 1110. The number of sulfonamides is 1. The van der Waals surface area contributed by atoms with Gasteiger partial charge < -0.3 is 10.2 Å². The number of benzene rings is 2. The van der Waals surface area contributed by atoms with E-state index >= 15 is 0 Å². The zero-order valence-corrected chi connectivity index (χ0v) is 23.0. The molecule has 1 N–H and O–H groups in total. The Labute approximate surface area is 215 Å². The van der Waals surface area contributed by atoms with E-state index in [4.69, 9.17) is 11.6 Å². The SMILES string of the molecule is CC(C)NC(=O)C(C)N(Cc1cccc(Br)c1)C(=O)CCCN(c1cccc(Cl)c1)S(C)(=O)=O. The molecule has 0 saturated carbocycles. The molecule has 0 bridgehead atoms. The van der Waals surface area contributed by atoms with Gasteiger partial charge in [0.05, 0.1) is 11.9 Å². The molecule has 1 atom stereocenters. The maximum absolute atomic E-state index is 13.2. The summed E-state index contributed by atoms with van der Waals surface area (Å²) >= 11 is 9.47. The molecule has 0 fully saturated rings. The van der Waals surface area contributed by atoms with Crippen LogP contribution in [0.3, 0.4) is 0 Å². The summed E-state index contributed by atoms with van der Waals surface area (Å²) in [6.07, 6.45) is 1.49. The van der Waals surface area contributed by atoms with Gasteiger partial charge in [-0.25, -0.2) is 8.42 Å². The number of carbonyl (C=O) groups excluding carboxylic acids is 2. The number of amides is 2. The van der Waals surface area contributed by atoms with E-state index in [0.29, 0.717) is 10.7 Å². The minimum atomic E-state index is -3.57. The third-order valence-electron chi connectivity index (χ3n) is 5.09. The Balaban J connectivity index is 2.17. The molecular weight excluding hydrogens is 542 g/mol. The molecule has 2 aromatic carbocycles. The number of carbonyl (C=O) groups is 2. The Morgan fingerprint density at radius 2 is 1.76 bits per heavy atom. The lowest BCUT2D eigenvalue weighted by Crippen LogP contribution is -2.49. The zero-order chi connectivity index (χ0) is 25.5. The smallest absolute Gasteiger partial charge is 0.242 e. The number of nitrogens with zero attached hydrogens (tertiary/aromatic N) is 2. The highest BCUT2D eigenvalue weighted by Crippen LogP contribution is 2.23. The van der Waals surface area contributed by atoms with Gasteiger partial charge >= 0.3 is 0 Å². The van der Waals surface area contributed by atoms with Crippen molar-refractivity contribution in [2.24, 2.45) is 0 Å². The molecule has 0 aliphatic heterocycles. The van der Waals surface area contributed by atoms with Gasteiger partial charge in [0.15, 0.2) is 0 Å². The lowest BCUT2D eigenvalue weighted by molar-refractivity contribution is -0.140. The van der Waals surface area contributed by atoms with Gasteiger partial charge in [0.2, 0.25) is 21.8 Å². The largest absolute Gasteiger partial charge is 0.352 e. The van der Waals surface area contributed by atoms with Gasteiger partial charge in [-0.3, -0.25) is 13.9 Å². The van der Waals surface area contributed by atoms with Gasteiger partial charge in [0, 0.05) is 35.0 Å². The van der Waals surface area contributed by atoms with E-state index < -0.39 is 16.1 Å². The first-order chi connectivity index (χ1) is 15.9. The molecule has 1 unspecified atom stereocenters. The van der Waals surface area contributed by atoms with Crippen LogP contribution in [0, 0.1) is 0 Å². The zero-order valence-electron chi connectivity index (χ0n) is 19.8. The second kappa shape index (κ2) is 12.6. The number of nitrogens with one attached hydrogen (secondary N) is 1. The van der Waals surface area contributed by atoms with Crippen LogP contribution in [0.1, 0.15) is 39.2 Å². The fourth-order valence-corrected chi connectivity index (χ4v) is 5.04. The first kappa shape index (κ1) is 28.1. The molecule has 10 heteroatoms. The van der Waals surface area contributed by atoms with Gasteiger partial charge in [-0.05, 0) is 63.1 Å². The lowest BCUT2D eigenvalue weighted by atomic mass is 10.1. The van der Waals surface area contributed by atoms with Crippen molar-refractivity contribution in [1.82, 2.24) is 10.2 Å². The fraction of sp³-hybridized carbons (Fsp3) is 0.417. The molecule has 0 saturated heterocycles. The second-order valence-electron chi connectivity index (χ2n) is 8.41. The first-order valence-electron chi connectivity index (χ1n) is 11.0. The Kier molecular flexibility index (Phi) is 10.4. The van der Waals surface area contributed by atoms with Gasteiger partial charge in [0.25, 0.3) is 0 Å². The molecule has 0 radical (unpaired) electrons. The van der Waals surface area contributed by atoms with Gasteiger partial charge in [-0.15, -0.1) is 0 Å². The maximum atomic E-state index is 13.2. The molecule has 0 aliphatic carbocycles. The molecule has 2 aromatic rings. The van der Waals surface area contributed by atoms with Crippen LogP contribution < -0.4 is 9.62 Å². The predicted octanol–water partition coefficient (Wildman–Crippen LogP) is 4.59. The highest BCUT2D eigenvalue weighted by molar-refractivity contribution is 9.10. The van der Waals surface area contributed by atoms with Gasteiger partial charge in [0.1, 0.15) is 6.04 Å². The third-order valence-corrected chi connectivity index (χ3v) is 7.01. The summed E-state index contributed by atoms with van der Waals surface area (Å²) in [5, 5.41) is 3.28. The molecule has 0 spiro atoms. The van der Waals surface area contributed by atoms with E-state index in [1.807, 2.05) is 38.1 Å². The standard InChI is InChI=1S/C24H31BrClN3O4S/c1-17(2)27-24(31)18(3)28(16-19-8-5-9-20(25)14-19)23(30)12-7-13-29(34(4,32)33)22-11-6-10-21(26)15-22/h5-6,8-11,14-15,17-18H,7,12-13,16H2,1-4H3,(H,27,31). The fourth-order valence-electron chi connectivity index (χ4n) is 3.45. The van der Waals surface area contributed by atoms with Crippen LogP contribution >= 0.6 is 27.5 Å². The van der Waals surface area contributed by atoms with E-state index in [-0.39, 0.29) is 43.8 Å². The van der Waals surface area contributed by atoms with Crippen molar-refractivity contribution in [1.29, 1.82) is 0 Å². The van der Waals surface area contributed by atoms with Crippen molar-refractivity contribution in [2.45, 2.75) is 52.2 Å². The molecule has 34 heavy (non-hydrogen) atoms. The second-order valence-corrected chi connectivity index (χ2v) is 11.7. The first-order valence-corrected chi connectivity index (χ1v) is 14.0. The van der Waals surface area contributed by atoms with Crippen LogP contribution in [0.15, 0.2) is 53.0 Å². The number of hydrogen-bond acceptors (Lipinski definition) is 4. The Hall–Kier alpha value is -2.10. The normalized spacial score (nSPS) is 12.3. The van der Waals surface area contributed by atoms with Crippen molar-refractivity contribution in [3.05, 3.63) is 63.6 Å². The monoisotopic (exact) mass is 571 g/mol. The van der Waals surface area contributed by atoms with E-state index in [1.54, 1.807) is 31.2 Å². The summed E-state index contributed by atoms with van der Waals surface area (Å²) < 4.78 is 26.8. The van der Waals surface area contributed by atoms with Crippen LogP contribution in [-0.2, 0) is 26.2 Å². The average Bonchev–Trinajstić information content (AvgIpc) is 2.73. The highest BCUT2D eigenvalue weighted by Gasteiger charge is 2.27. The number of rotatable bonds is 11. The summed E-state index contributed by atoms with van der Waals surface area (Å²) in [7, 11) is -3.57. The van der Waals surface area contributed by atoms with Crippen LogP contribution in [0.4, 0.5) is 5.69 Å². The topological polar surface area (TPSA) is 86.8 Å². The maximum Gasteiger partial charge on any atom is 0.242 e. The molecule has 186 valence electrons. The van der Waals surface area contributed by atoms with Crippen LogP contribution in [0.5, 0.6) is 0 Å². The lowest BCUT2D eigenvalue weighted by Gasteiger charge is -2.30. The van der Waals surface area contributed by atoms with Crippen LogP contribution in [0.25, 0.3) is 0 Å². The van der Waals surface area contributed by atoms with Gasteiger partial charge in [-0.1, -0.05) is 45.7 Å². The van der Waals surface area contributed by atoms with Crippen LogP contribution in [-0.4, -0.2) is 50.0 Å². The molecular formula is C24H31BrClN3O4S. The summed E-state index contributed by atoms with van der Waals surface area (Å²) in [5.41, 5.74) is 1.32. The van der Waals surface area contributed by atoms with Crippen molar-refractivity contribution in [3.63, 3.8) is 0 Å². The number of halogens is 2. The van der Waals surface area contributed by atoms with Crippen molar-refractivity contribution in [2.75, 3.05) is 17.1 Å². The quantitative estimate of drug-likeness (QED) is 0.427. The number of anilines is 1. The summed E-state index contributed by atoms with van der Waals surface area (Å²) in [6.45, 7) is 5.79. The summed E-state index contributed by atoms with van der Waals surface area (Å²) in [5.74, 6) is -0.471. The van der Waals surface area contributed by atoms with E-state index in [2.05, 4.69) is 21.2 Å².